The van der Waals surface area contributed by atoms with Crippen LogP contribution >= 0.6 is 0 Å². The molecule has 0 spiro atoms. The Labute approximate surface area is 95.3 Å². The molecular weight excluding hydrogens is 198 g/mol. The molecule has 0 radical (unpaired) electrons. The molecule has 2 rings (SSSR count). The zero-order valence-electron chi connectivity index (χ0n) is 9.82. The highest BCUT2D eigenvalue weighted by atomic mass is 16.1. The van der Waals surface area contributed by atoms with Gasteiger partial charge in [0.1, 0.15) is 0 Å². The van der Waals surface area contributed by atoms with E-state index in [0.29, 0.717) is 5.56 Å². The van der Waals surface area contributed by atoms with Crippen LogP contribution in [0.2, 0.25) is 0 Å². The molecule has 0 saturated carbocycles. The molecule has 0 amide bonds. The first-order valence-corrected chi connectivity index (χ1v) is 5.38. The van der Waals surface area contributed by atoms with Gasteiger partial charge in [0, 0.05) is 28.8 Å². The monoisotopic (exact) mass is 213 g/mol. The van der Waals surface area contributed by atoms with Crippen LogP contribution in [0.25, 0.3) is 10.8 Å². The molecule has 0 bridgehead atoms. The predicted octanol–water partition coefficient (Wildman–Crippen LogP) is 3.46. The maximum absolute atomic E-state index is 12.2. The van der Waals surface area contributed by atoms with Gasteiger partial charge in [-0.15, -0.1) is 0 Å². The van der Waals surface area contributed by atoms with Crippen molar-refractivity contribution in [2.24, 2.45) is 5.41 Å². The second-order valence-electron chi connectivity index (χ2n) is 4.99. The van der Waals surface area contributed by atoms with Gasteiger partial charge in [0.25, 0.3) is 0 Å². The predicted molar refractivity (Wildman–Crippen MR) is 65.5 cm³/mol. The third kappa shape index (κ3) is 1.83. The molecule has 0 saturated heterocycles. The standard InChI is InChI=1S/C14H15NO/c1-14(2,3)13(16)12-9-15-8-10-6-4-5-7-11(10)12/h4-9H,1-3H3. The molecule has 0 atom stereocenters. The SMILES string of the molecule is CC(C)(C)C(=O)c1cncc2ccccc12. The van der Waals surface area contributed by atoms with E-state index in [1.807, 2.05) is 45.0 Å². The van der Waals surface area contributed by atoms with Gasteiger partial charge in [-0.1, -0.05) is 45.0 Å². The number of carbonyl (C=O) groups excluding carboxylic acids is 1. The zero-order chi connectivity index (χ0) is 11.8. The summed E-state index contributed by atoms with van der Waals surface area (Å²) in [6.07, 6.45) is 3.45. The van der Waals surface area contributed by atoms with Crippen LogP contribution in [0.1, 0.15) is 31.1 Å². The maximum Gasteiger partial charge on any atom is 0.170 e. The van der Waals surface area contributed by atoms with E-state index in [1.165, 1.54) is 0 Å². The Morgan fingerprint density at radius 3 is 2.50 bits per heavy atom. The minimum atomic E-state index is -0.369. The minimum absolute atomic E-state index is 0.136. The number of aromatic nitrogens is 1. The van der Waals surface area contributed by atoms with Gasteiger partial charge in [-0.3, -0.25) is 9.78 Å². The Morgan fingerprint density at radius 1 is 1.12 bits per heavy atom. The summed E-state index contributed by atoms with van der Waals surface area (Å²) < 4.78 is 0. The molecular formula is C14H15NO. The molecule has 0 aliphatic carbocycles. The highest BCUT2D eigenvalue weighted by Gasteiger charge is 2.24. The fraction of sp³-hybridized carbons (Fsp3) is 0.286. The number of hydrogen-bond donors (Lipinski definition) is 0. The van der Waals surface area contributed by atoms with E-state index in [1.54, 1.807) is 12.4 Å². The lowest BCUT2D eigenvalue weighted by atomic mass is 9.85. The van der Waals surface area contributed by atoms with Crippen LogP contribution in [-0.4, -0.2) is 10.8 Å². The van der Waals surface area contributed by atoms with Crippen LogP contribution < -0.4 is 0 Å². The Bertz CT molecular complexity index is 532. The number of hydrogen-bond acceptors (Lipinski definition) is 2. The number of pyridine rings is 1. The largest absolute Gasteiger partial charge is 0.294 e. The molecule has 1 heterocycles. The van der Waals surface area contributed by atoms with Crippen molar-refractivity contribution in [3.05, 3.63) is 42.2 Å². The van der Waals surface area contributed by atoms with E-state index in [4.69, 9.17) is 0 Å². The number of benzene rings is 1. The highest BCUT2D eigenvalue weighted by Crippen LogP contribution is 2.25. The van der Waals surface area contributed by atoms with Crippen molar-refractivity contribution in [2.45, 2.75) is 20.8 Å². The molecule has 82 valence electrons. The smallest absolute Gasteiger partial charge is 0.170 e. The Balaban J connectivity index is 2.66. The van der Waals surface area contributed by atoms with Gasteiger partial charge >= 0.3 is 0 Å². The molecule has 1 aromatic heterocycles. The average Bonchev–Trinajstić information content (AvgIpc) is 2.26. The lowest BCUT2D eigenvalue weighted by Crippen LogP contribution is -2.20. The second kappa shape index (κ2) is 3.71. The van der Waals surface area contributed by atoms with E-state index >= 15 is 0 Å². The Morgan fingerprint density at radius 2 is 1.81 bits per heavy atom. The second-order valence-corrected chi connectivity index (χ2v) is 4.99. The Hall–Kier alpha value is -1.70. The molecule has 0 aliphatic rings. The minimum Gasteiger partial charge on any atom is -0.294 e. The molecule has 0 aliphatic heterocycles. The molecule has 2 heteroatoms. The van der Waals surface area contributed by atoms with Crippen LogP contribution in [0, 0.1) is 5.41 Å². The van der Waals surface area contributed by atoms with Crippen molar-refractivity contribution in [3.8, 4) is 0 Å². The first kappa shape index (κ1) is 10.8. The van der Waals surface area contributed by atoms with Crippen molar-refractivity contribution < 1.29 is 4.79 Å². The van der Waals surface area contributed by atoms with Crippen molar-refractivity contribution >= 4 is 16.6 Å². The van der Waals surface area contributed by atoms with Crippen LogP contribution in [0.5, 0.6) is 0 Å². The van der Waals surface area contributed by atoms with E-state index < -0.39 is 0 Å². The van der Waals surface area contributed by atoms with Gasteiger partial charge in [0.05, 0.1) is 0 Å². The fourth-order valence-corrected chi connectivity index (χ4v) is 1.70. The molecule has 0 fully saturated rings. The highest BCUT2D eigenvalue weighted by molar-refractivity contribution is 6.09. The van der Waals surface area contributed by atoms with E-state index in [9.17, 15) is 4.79 Å². The van der Waals surface area contributed by atoms with Gasteiger partial charge in [0.15, 0.2) is 5.78 Å². The molecule has 2 nitrogen and oxygen atoms in total. The average molecular weight is 213 g/mol. The number of carbonyl (C=O) groups is 1. The summed E-state index contributed by atoms with van der Waals surface area (Å²) in [5.41, 5.74) is 0.344. The number of ketones is 1. The molecule has 0 unspecified atom stereocenters. The zero-order valence-corrected chi connectivity index (χ0v) is 9.82. The van der Waals surface area contributed by atoms with Crippen molar-refractivity contribution in [1.29, 1.82) is 0 Å². The van der Waals surface area contributed by atoms with Crippen molar-refractivity contribution in [1.82, 2.24) is 4.98 Å². The summed E-state index contributed by atoms with van der Waals surface area (Å²) in [5.74, 6) is 0.136. The lowest BCUT2D eigenvalue weighted by Gasteiger charge is -2.17. The van der Waals surface area contributed by atoms with Crippen LogP contribution in [0.3, 0.4) is 0 Å². The van der Waals surface area contributed by atoms with Gasteiger partial charge in [-0.25, -0.2) is 0 Å². The van der Waals surface area contributed by atoms with E-state index in [0.717, 1.165) is 10.8 Å². The fourth-order valence-electron chi connectivity index (χ4n) is 1.70. The van der Waals surface area contributed by atoms with Gasteiger partial charge in [0.2, 0.25) is 0 Å². The first-order chi connectivity index (χ1) is 7.50. The normalized spacial score (nSPS) is 11.7. The summed E-state index contributed by atoms with van der Waals surface area (Å²) >= 11 is 0. The number of nitrogens with zero attached hydrogens (tertiary/aromatic N) is 1. The third-order valence-electron chi connectivity index (χ3n) is 2.59. The van der Waals surface area contributed by atoms with E-state index in [2.05, 4.69) is 4.98 Å². The third-order valence-corrected chi connectivity index (χ3v) is 2.59. The number of rotatable bonds is 1. The van der Waals surface area contributed by atoms with Crippen LogP contribution in [-0.2, 0) is 0 Å². The molecule has 16 heavy (non-hydrogen) atoms. The van der Waals surface area contributed by atoms with Crippen molar-refractivity contribution in [2.75, 3.05) is 0 Å². The van der Waals surface area contributed by atoms with Crippen LogP contribution in [0.15, 0.2) is 36.7 Å². The topological polar surface area (TPSA) is 30.0 Å². The maximum atomic E-state index is 12.2. The molecule has 1 aromatic carbocycles. The molecule has 2 aromatic rings. The van der Waals surface area contributed by atoms with Gasteiger partial charge in [-0.2, -0.15) is 0 Å². The summed E-state index contributed by atoms with van der Waals surface area (Å²) in [6.45, 7) is 5.78. The lowest BCUT2D eigenvalue weighted by molar-refractivity contribution is 0.0860. The summed E-state index contributed by atoms with van der Waals surface area (Å²) in [5, 5.41) is 2.00. The Kier molecular flexibility index (Phi) is 2.50. The summed E-state index contributed by atoms with van der Waals surface area (Å²) in [4.78, 5) is 16.4. The first-order valence-electron chi connectivity index (χ1n) is 5.38. The molecule has 0 N–H and O–H groups in total. The van der Waals surface area contributed by atoms with E-state index in [-0.39, 0.29) is 11.2 Å². The van der Waals surface area contributed by atoms with Gasteiger partial charge in [-0.05, 0) is 5.39 Å². The summed E-state index contributed by atoms with van der Waals surface area (Å²) in [7, 11) is 0. The van der Waals surface area contributed by atoms with Gasteiger partial charge < -0.3 is 0 Å². The summed E-state index contributed by atoms with van der Waals surface area (Å²) in [6, 6.07) is 7.84. The number of Topliss-reactive ketones (excluding diaryl/α,β-unsaturated/α-hetero) is 1. The number of fused-ring (bicyclic) bond motifs is 1. The van der Waals surface area contributed by atoms with Crippen molar-refractivity contribution in [3.63, 3.8) is 0 Å². The van der Waals surface area contributed by atoms with Crippen LogP contribution in [0.4, 0.5) is 0 Å². The quantitative estimate of drug-likeness (QED) is 0.679.